The zero-order chi connectivity index (χ0) is 19.1. The molecule has 6 rings (SSSR count). The topological polar surface area (TPSA) is 92.4 Å². The number of nitro groups is 1. The molecule has 28 heavy (non-hydrogen) atoms. The predicted octanol–water partition coefficient (Wildman–Crippen LogP) is 2.20. The second-order valence-corrected chi connectivity index (χ2v) is 10.0. The van der Waals surface area contributed by atoms with Crippen LogP contribution in [0.4, 0.5) is 0 Å². The lowest BCUT2D eigenvalue weighted by atomic mass is 10.1. The van der Waals surface area contributed by atoms with Crippen LogP contribution in [0.5, 0.6) is 0 Å². The predicted molar refractivity (Wildman–Crippen MR) is 109 cm³/mol. The van der Waals surface area contributed by atoms with E-state index < -0.39 is 0 Å². The minimum Gasteiger partial charge on any atom is -0.464 e. The Kier molecular flexibility index (Phi) is 5.38. The summed E-state index contributed by atoms with van der Waals surface area (Å²) in [4.78, 5) is 10.5. The number of furan rings is 1. The molecule has 154 valence electrons. The molecule has 7 nitrogen and oxygen atoms in total. The van der Waals surface area contributed by atoms with Crippen LogP contribution in [-0.4, -0.2) is 42.0 Å². The van der Waals surface area contributed by atoms with Gasteiger partial charge in [-0.1, -0.05) is 0 Å². The molecule has 0 saturated heterocycles. The van der Waals surface area contributed by atoms with Crippen molar-refractivity contribution in [3.05, 3.63) is 33.8 Å². The van der Waals surface area contributed by atoms with E-state index in [1.165, 1.54) is 12.8 Å². The van der Waals surface area contributed by atoms with E-state index in [0.29, 0.717) is 6.04 Å². The quantitative estimate of drug-likeness (QED) is 0.200. The van der Waals surface area contributed by atoms with Crippen LogP contribution in [0.2, 0.25) is 0 Å². The number of hydrogen-bond donors (Lipinski definition) is 3. The van der Waals surface area contributed by atoms with Crippen molar-refractivity contribution in [2.24, 2.45) is 23.7 Å². The van der Waals surface area contributed by atoms with Crippen molar-refractivity contribution >= 4 is 11.8 Å². The number of nitrogens with zero attached hydrogens (tertiary/aromatic N) is 1. The fourth-order valence-electron chi connectivity index (χ4n) is 5.53. The van der Waals surface area contributed by atoms with Gasteiger partial charge in [0.05, 0.1) is 12.3 Å². The standard InChI is InChI=1S/C20H30N4O3S/c25-24(26)10-18(23-13-1-2-13)21-5-6-28-11-15-4-3-14(27-15)9-22-20-12-7-16-17(8-12)19(16)20/h3-4,12-13,16-23H,1-2,5-11H2. The van der Waals surface area contributed by atoms with E-state index in [1.807, 2.05) is 0 Å². The monoisotopic (exact) mass is 406 g/mol. The van der Waals surface area contributed by atoms with E-state index in [9.17, 15) is 10.1 Å². The number of nitrogens with one attached hydrogen (secondary N) is 3. The molecule has 1 aromatic heterocycles. The Bertz CT molecular complexity index is 695. The Hall–Kier alpha value is -1.09. The van der Waals surface area contributed by atoms with Gasteiger partial charge in [-0.15, -0.1) is 0 Å². The van der Waals surface area contributed by atoms with Crippen molar-refractivity contribution in [1.29, 1.82) is 0 Å². The third-order valence-corrected chi connectivity index (χ3v) is 7.91. The molecular formula is C20H30N4O3S. The van der Waals surface area contributed by atoms with Gasteiger partial charge in [0.15, 0.2) is 0 Å². The summed E-state index contributed by atoms with van der Waals surface area (Å²) in [5.74, 6) is 7.78. The van der Waals surface area contributed by atoms with Crippen LogP contribution < -0.4 is 16.0 Å². The fraction of sp³-hybridized carbons (Fsp3) is 0.800. The summed E-state index contributed by atoms with van der Waals surface area (Å²) < 4.78 is 5.98. The first kappa shape index (κ1) is 18.9. The smallest absolute Gasteiger partial charge is 0.231 e. The highest BCUT2D eigenvalue weighted by Crippen LogP contribution is 2.70. The second-order valence-electron chi connectivity index (χ2n) is 8.93. The summed E-state index contributed by atoms with van der Waals surface area (Å²) in [6.07, 6.45) is 4.95. The largest absolute Gasteiger partial charge is 0.464 e. The average molecular weight is 407 g/mol. The minimum absolute atomic E-state index is 0.0695. The van der Waals surface area contributed by atoms with Crippen molar-refractivity contribution in [3.63, 3.8) is 0 Å². The Morgan fingerprint density at radius 2 is 2.04 bits per heavy atom. The number of hydrogen-bond acceptors (Lipinski definition) is 7. The molecule has 1 heterocycles. The number of thioether (sulfide) groups is 1. The zero-order valence-corrected chi connectivity index (χ0v) is 17.0. The Labute approximate surface area is 169 Å². The summed E-state index contributed by atoms with van der Waals surface area (Å²) in [6, 6.07) is 5.37. The van der Waals surface area contributed by atoms with Gasteiger partial charge in [-0.25, -0.2) is 0 Å². The van der Waals surface area contributed by atoms with Gasteiger partial charge < -0.3 is 9.73 Å². The Morgan fingerprint density at radius 1 is 1.25 bits per heavy atom. The maximum atomic E-state index is 10.8. The average Bonchev–Trinajstić information content (AvgIpc) is 3.33. The SMILES string of the molecule is O=[N+]([O-])CC(NCCSCc1ccc(CNC2C3CC4C(C3)C42)o1)NC1CC1. The maximum absolute atomic E-state index is 10.8. The van der Waals surface area contributed by atoms with Crippen LogP contribution in [0.1, 0.15) is 37.2 Å². The van der Waals surface area contributed by atoms with Gasteiger partial charge in [0, 0.05) is 29.3 Å². The fourth-order valence-corrected chi connectivity index (χ4v) is 6.29. The molecule has 1 aromatic rings. The maximum Gasteiger partial charge on any atom is 0.231 e. The van der Waals surface area contributed by atoms with Gasteiger partial charge in [0.2, 0.25) is 6.54 Å². The van der Waals surface area contributed by atoms with E-state index in [2.05, 4.69) is 28.1 Å². The van der Waals surface area contributed by atoms with Crippen molar-refractivity contribution in [2.75, 3.05) is 18.8 Å². The van der Waals surface area contributed by atoms with Crippen LogP contribution in [0, 0.1) is 33.8 Å². The highest BCUT2D eigenvalue weighted by molar-refractivity contribution is 7.98. The minimum atomic E-state index is -0.253. The summed E-state index contributed by atoms with van der Waals surface area (Å²) >= 11 is 1.80. The van der Waals surface area contributed by atoms with Crippen LogP contribution in [0.3, 0.4) is 0 Å². The van der Waals surface area contributed by atoms with Gasteiger partial charge in [-0.2, -0.15) is 11.8 Å². The van der Waals surface area contributed by atoms with Gasteiger partial charge >= 0.3 is 0 Å². The third-order valence-electron chi connectivity index (χ3n) is 6.93. The lowest BCUT2D eigenvalue weighted by molar-refractivity contribution is -0.484. The molecule has 5 aliphatic carbocycles. The van der Waals surface area contributed by atoms with Crippen LogP contribution in [-0.2, 0) is 12.3 Å². The summed E-state index contributed by atoms with van der Waals surface area (Å²) in [5.41, 5.74) is 0. The molecule has 0 aliphatic heterocycles. The first-order valence-electron chi connectivity index (χ1n) is 10.7. The van der Waals surface area contributed by atoms with E-state index in [0.717, 1.165) is 78.7 Å². The lowest BCUT2D eigenvalue weighted by Gasteiger charge is -2.16. The van der Waals surface area contributed by atoms with E-state index in [-0.39, 0.29) is 17.6 Å². The van der Waals surface area contributed by atoms with Crippen LogP contribution >= 0.6 is 11.8 Å². The molecule has 0 radical (unpaired) electrons. The van der Waals surface area contributed by atoms with Crippen molar-refractivity contribution < 1.29 is 9.34 Å². The Balaban J connectivity index is 0.973. The molecule has 0 amide bonds. The van der Waals surface area contributed by atoms with Gasteiger partial charge in [-0.05, 0) is 61.5 Å². The Morgan fingerprint density at radius 3 is 2.71 bits per heavy atom. The van der Waals surface area contributed by atoms with E-state index in [4.69, 9.17) is 4.42 Å². The molecule has 4 bridgehead atoms. The van der Waals surface area contributed by atoms with Crippen molar-refractivity contribution in [3.8, 4) is 0 Å². The summed E-state index contributed by atoms with van der Waals surface area (Å²) in [6.45, 7) is 1.53. The second kappa shape index (κ2) is 7.97. The first-order chi connectivity index (χ1) is 13.7. The molecule has 5 fully saturated rings. The molecule has 3 N–H and O–H groups in total. The lowest BCUT2D eigenvalue weighted by Crippen LogP contribution is -2.48. The molecule has 0 spiro atoms. The normalized spacial score (nSPS) is 33.4. The van der Waals surface area contributed by atoms with Gasteiger partial charge in [0.25, 0.3) is 0 Å². The third kappa shape index (κ3) is 4.25. The van der Waals surface area contributed by atoms with Gasteiger partial charge in [0.1, 0.15) is 17.7 Å². The molecule has 8 heteroatoms. The summed E-state index contributed by atoms with van der Waals surface area (Å²) in [7, 11) is 0. The van der Waals surface area contributed by atoms with E-state index >= 15 is 0 Å². The molecular weight excluding hydrogens is 376 g/mol. The molecule has 0 aromatic carbocycles. The molecule has 5 saturated carbocycles. The van der Waals surface area contributed by atoms with Crippen molar-refractivity contribution in [2.45, 2.75) is 56.2 Å². The summed E-state index contributed by atoms with van der Waals surface area (Å²) in [5, 5.41) is 21.1. The van der Waals surface area contributed by atoms with E-state index in [1.54, 1.807) is 11.8 Å². The van der Waals surface area contributed by atoms with Crippen LogP contribution in [0.15, 0.2) is 16.5 Å². The highest BCUT2D eigenvalue weighted by Gasteiger charge is 2.68. The van der Waals surface area contributed by atoms with Gasteiger partial charge in [-0.3, -0.25) is 20.7 Å². The zero-order valence-electron chi connectivity index (χ0n) is 16.1. The molecule has 4 atom stereocenters. The number of rotatable bonds is 13. The molecule has 5 aliphatic rings. The molecule has 4 unspecified atom stereocenters. The van der Waals surface area contributed by atoms with Crippen LogP contribution in [0.25, 0.3) is 0 Å². The first-order valence-corrected chi connectivity index (χ1v) is 11.8. The highest BCUT2D eigenvalue weighted by atomic mass is 32.2. The van der Waals surface area contributed by atoms with Crippen molar-refractivity contribution in [1.82, 2.24) is 16.0 Å².